The Kier molecular flexibility index (Phi) is 3.31. The number of pyridine rings is 1. The summed E-state index contributed by atoms with van der Waals surface area (Å²) < 4.78 is 0. The van der Waals surface area contributed by atoms with E-state index in [4.69, 9.17) is 11.6 Å². The standard InChI is InChI=1S/C15H15ClN2/c16-15-8-11(9-18-13-4-5-13)3-6-14(15)12-2-1-7-17-10-12/h1-3,6-8,10,13,18H,4-5,9H2. The Bertz CT molecular complexity index is 535. The minimum Gasteiger partial charge on any atom is -0.310 e. The molecule has 0 radical (unpaired) electrons. The second-order valence-corrected chi connectivity index (χ2v) is 5.12. The van der Waals surface area contributed by atoms with Gasteiger partial charge in [0.05, 0.1) is 0 Å². The zero-order chi connectivity index (χ0) is 12.4. The van der Waals surface area contributed by atoms with E-state index in [1.165, 1.54) is 18.4 Å². The average molecular weight is 259 g/mol. The molecule has 1 saturated carbocycles. The quantitative estimate of drug-likeness (QED) is 0.905. The lowest BCUT2D eigenvalue weighted by molar-refractivity contribution is 0.688. The summed E-state index contributed by atoms with van der Waals surface area (Å²) in [6.07, 6.45) is 6.22. The molecule has 3 rings (SSSR count). The third-order valence-corrected chi connectivity index (χ3v) is 3.49. The zero-order valence-electron chi connectivity index (χ0n) is 10.1. The number of nitrogens with zero attached hydrogens (tertiary/aromatic N) is 1. The number of aromatic nitrogens is 1. The van der Waals surface area contributed by atoms with Crippen LogP contribution in [0.4, 0.5) is 0 Å². The maximum atomic E-state index is 6.34. The Hall–Kier alpha value is -1.38. The number of rotatable bonds is 4. The number of nitrogens with one attached hydrogen (secondary N) is 1. The molecular formula is C15H15ClN2. The maximum Gasteiger partial charge on any atom is 0.0488 e. The normalized spacial score (nSPS) is 14.7. The zero-order valence-corrected chi connectivity index (χ0v) is 10.8. The lowest BCUT2D eigenvalue weighted by Crippen LogP contribution is -2.15. The van der Waals surface area contributed by atoms with Crippen molar-refractivity contribution in [1.29, 1.82) is 0 Å². The van der Waals surface area contributed by atoms with Gasteiger partial charge in [0.1, 0.15) is 0 Å². The van der Waals surface area contributed by atoms with Crippen molar-refractivity contribution in [3.8, 4) is 11.1 Å². The molecule has 1 aliphatic carbocycles. The van der Waals surface area contributed by atoms with Crippen LogP contribution in [0.15, 0.2) is 42.7 Å². The summed E-state index contributed by atoms with van der Waals surface area (Å²) in [7, 11) is 0. The van der Waals surface area contributed by atoms with Crippen molar-refractivity contribution in [3.05, 3.63) is 53.3 Å². The lowest BCUT2D eigenvalue weighted by atomic mass is 10.1. The van der Waals surface area contributed by atoms with Crippen LogP contribution in [0.3, 0.4) is 0 Å². The lowest BCUT2D eigenvalue weighted by Gasteiger charge is -2.08. The van der Waals surface area contributed by atoms with Crippen molar-refractivity contribution >= 4 is 11.6 Å². The van der Waals surface area contributed by atoms with Crippen molar-refractivity contribution in [2.24, 2.45) is 0 Å². The highest BCUT2D eigenvalue weighted by atomic mass is 35.5. The molecule has 1 heterocycles. The molecule has 1 aliphatic rings. The third-order valence-electron chi connectivity index (χ3n) is 3.18. The Labute approximate surface area is 112 Å². The van der Waals surface area contributed by atoms with Gasteiger partial charge in [-0.15, -0.1) is 0 Å². The molecule has 0 aliphatic heterocycles. The molecule has 0 atom stereocenters. The second-order valence-electron chi connectivity index (χ2n) is 4.71. The first-order valence-electron chi connectivity index (χ1n) is 6.25. The van der Waals surface area contributed by atoms with Gasteiger partial charge in [-0.05, 0) is 30.5 Å². The van der Waals surface area contributed by atoms with Gasteiger partial charge in [-0.25, -0.2) is 0 Å². The molecule has 1 aromatic carbocycles. The molecule has 1 aromatic heterocycles. The molecular weight excluding hydrogens is 244 g/mol. The fourth-order valence-electron chi connectivity index (χ4n) is 1.97. The molecule has 2 nitrogen and oxygen atoms in total. The van der Waals surface area contributed by atoms with Crippen LogP contribution in [0.25, 0.3) is 11.1 Å². The van der Waals surface area contributed by atoms with Crippen LogP contribution in [0, 0.1) is 0 Å². The molecule has 0 amide bonds. The summed E-state index contributed by atoms with van der Waals surface area (Å²) in [6.45, 7) is 0.901. The highest BCUT2D eigenvalue weighted by Crippen LogP contribution is 2.28. The van der Waals surface area contributed by atoms with Gasteiger partial charge >= 0.3 is 0 Å². The van der Waals surface area contributed by atoms with Gasteiger partial charge in [0, 0.05) is 41.1 Å². The molecule has 1 N–H and O–H groups in total. The second kappa shape index (κ2) is 5.09. The highest BCUT2D eigenvalue weighted by molar-refractivity contribution is 6.33. The molecule has 2 aromatic rings. The number of hydrogen-bond acceptors (Lipinski definition) is 2. The molecule has 92 valence electrons. The van der Waals surface area contributed by atoms with E-state index in [9.17, 15) is 0 Å². The Balaban J connectivity index is 1.80. The molecule has 0 bridgehead atoms. The van der Waals surface area contributed by atoms with E-state index in [0.717, 1.165) is 28.7 Å². The summed E-state index contributed by atoms with van der Waals surface area (Å²) in [5.41, 5.74) is 3.34. The number of benzene rings is 1. The fraction of sp³-hybridized carbons (Fsp3) is 0.267. The van der Waals surface area contributed by atoms with Gasteiger partial charge in [0.2, 0.25) is 0 Å². The van der Waals surface area contributed by atoms with Crippen LogP contribution < -0.4 is 5.32 Å². The van der Waals surface area contributed by atoms with E-state index in [-0.39, 0.29) is 0 Å². The van der Waals surface area contributed by atoms with E-state index >= 15 is 0 Å². The van der Waals surface area contributed by atoms with Crippen LogP contribution in [-0.4, -0.2) is 11.0 Å². The van der Waals surface area contributed by atoms with Gasteiger partial charge in [-0.1, -0.05) is 29.8 Å². The van der Waals surface area contributed by atoms with Crippen LogP contribution in [-0.2, 0) is 6.54 Å². The summed E-state index contributed by atoms with van der Waals surface area (Å²) in [4.78, 5) is 4.12. The van der Waals surface area contributed by atoms with Gasteiger partial charge in [0.15, 0.2) is 0 Å². The summed E-state index contributed by atoms with van der Waals surface area (Å²) in [6, 6.07) is 10.9. The Morgan fingerprint density at radius 1 is 1.28 bits per heavy atom. The van der Waals surface area contributed by atoms with Crippen molar-refractivity contribution in [3.63, 3.8) is 0 Å². The summed E-state index contributed by atoms with van der Waals surface area (Å²) in [5.74, 6) is 0. The van der Waals surface area contributed by atoms with Gasteiger partial charge in [-0.2, -0.15) is 0 Å². The molecule has 0 spiro atoms. The number of hydrogen-bond donors (Lipinski definition) is 1. The Morgan fingerprint density at radius 2 is 2.17 bits per heavy atom. The average Bonchev–Trinajstić information content (AvgIpc) is 3.21. The van der Waals surface area contributed by atoms with E-state index in [1.54, 1.807) is 6.20 Å². The minimum atomic E-state index is 0.724. The van der Waals surface area contributed by atoms with Crippen molar-refractivity contribution in [1.82, 2.24) is 10.3 Å². The predicted octanol–water partition coefficient (Wildman–Crippen LogP) is 3.65. The molecule has 0 saturated heterocycles. The molecule has 3 heteroatoms. The van der Waals surface area contributed by atoms with E-state index in [0.29, 0.717) is 0 Å². The smallest absolute Gasteiger partial charge is 0.0488 e. The van der Waals surface area contributed by atoms with E-state index in [1.807, 2.05) is 24.4 Å². The van der Waals surface area contributed by atoms with Crippen molar-refractivity contribution in [2.75, 3.05) is 0 Å². The van der Waals surface area contributed by atoms with Crippen molar-refractivity contribution in [2.45, 2.75) is 25.4 Å². The largest absolute Gasteiger partial charge is 0.310 e. The van der Waals surface area contributed by atoms with Crippen molar-refractivity contribution < 1.29 is 0 Å². The molecule has 1 fully saturated rings. The van der Waals surface area contributed by atoms with E-state index in [2.05, 4.69) is 22.4 Å². The van der Waals surface area contributed by atoms with Gasteiger partial charge in [-0.3, -0.25) is 4.98 Å². The predicted molar refractivity (Wildman–Crippen MR) is 74.5 cm³/mol. The molecule has 0 unspecified atom stereocenters. The van der Waals surface area contributed by atoms with Crippen LogP contribution in [0.1, 0.15) is 18.4 Å². The van der Waals surface area contributed by atoms with Gasteiger partial charge < -0.3 is 5.32 Å². The van der Waals surface area contributed by atoms with Gasteiger partial charge in [0.25, 0.3) is 0 Å². The maximum absolute atomic E-state index is 6.34. The first-order chi connectivity index (χ1) is 8.83. The third kappa shape index (κ3) is 2.71. The first-order valence-corrected chi connectivity index (χ1v) is 6.63. The van der Waals surface area contributed by atoms with E-state index < -0.39 is 0 Å². The first kappa shape index (κ1) is 11.7. The topological polar surface area (TPSA) is 24.9 Å². The fourth-order valence-corrected chi connectivity index (χ4v) is 2.29. The molecule has 18 heavy (non-hydrogen) atoms. The highest BCUT2D eigenvalue weighted by Gasteiger charge is 2.19. The Morgan fingerprint density at radius 3 is 2.83 bits per heavy atom. The van der Waals surface area contributed by atoms with Crippen LogP contribution in [0.2, 0.25) is 5.02 Å². The monoisotopic (exact) mass is 258 g/mol. The summed E-state index contributed by atoms with van der Waals surface area (Å²) >= 11 is 6.34. The number of halogens is 1. The minimum absolute atomic E-state index is 0.724. The van der Waals surface area contributed by atoms with Crippen LogP contribution >= 0.6 is 11.6 Å². The SMILES string of the molecule is Clc1cc(CNC2CC2)ccc1-c1cccnc1. The summed E-state index contributed by atoms with van der Waals surface area (Å²) in [5, 5.41) is 4.28. The van der Waals surface area contributed by atoms with Crippen LogP contribution in [0.5, 0.6) is 0 Å².